The molecule has 0 aliphatic carbocycles. The Kier molecular flexibility index (Phi) is 5.51. The minimum absolute atomic E-state index is 0.0543. The third-order valence-electron chi connectivity index (χ3n) is 2.40. The number of hydrogen-bond acceptors (Lipinski definition) is 7. The zero-order valence-corrected chi connectivity index (χ0v) is 12.5. The lowest BCUT2D eigenvalue weighted by Gasteiger charge is -2.11. The average Bonchev–Trinajstić information content (AvgIpc) is 2.96. The second-order valence-electron chi connectivity index (χ2n) is 4.01. The summed E-state index contributed by atoms with van der Waals surface area (Å²) in [5.74, 6) is 0.283. The van der Waals surface area contributed by atoms with Gasteiger partial charge in [0.1, 0.15) is 0 Å². The maximum absolute atomic E-state index is 9.96. The lowest BCUT2D eigenvalue weighted by Crippen LogP contribution is -2.14. The number of rotatable bonds is 7. The highest BCUT2D eigenvalue weighted by Gasteiger charge is 2.10. The summed E-state index contributed by atoms with van der Waals surface area (Å²) in [6.07, 6.45) is 0.222. The molecule has 1 atom stereocenters. The van der Waals surface area contributed by atoms with Gasteiger partial charge in [-0.05, 0) is 40.4 Å². The maximum atomic E-state index is 9.96. The largest absolute Gasteiger partial charge is 0.463 e. The minimum atomic E-state index is -0.628. The third-order valence-corrected chi connectivity index (χ3v) is 3.27. The van der Waals surface area contributed by atoms with Crippen LogP contribution in [0.1, 0.15) is 25.0 Å². The Morgan fingerprint density at radius 1 is 1.45 bits per heavy atom. The second-order valence-corrected chi connectivity index (χ2v) is 5.13. The Bertz CT molecular complexity index is 538. The molecule has 2 aromatic heterocycles. The smallest absolute Gasteiger partial charge is 0.322 e. The molecular formula is C12H15ClN4O2S. The Morgan fingerprint density at radius 2 is 2.30 bits per heavy atom. The molecular weight excluding hydrogens is 300 g/mol. The molecule has 0 radical (unpaired) electrons. The number of aromatic nitrogens is 3. The van der Waals surface area contributed by atoms with E-state index in [2.05, 4.69) is 20.3 Å². The monoisotopic (exact) mass is 314 g/mol. The lowest BCUT2D eigenvalue weighted by molar-refractivity contribution is 0.192. The molecule has 0 saturated heterocycles. The summed E-state index contributed by atoms with van der Waals surface area (Å²) in [4.78, 5) is 11.9. The van der Waals surface area contributed by atoms with E-state index >= 15 is 0 Å². The Morgan fingerprint density at radius 3 is 3.00 bits per heavy atom. The predicted octanol–water partition coefficient (Wildman–Crippen LogP) is 2.52. The molecule has 2 heterocycles. The first-order valence-corrected chi connectivity index (χ1v) is 7.49. The van der Waals surface area contributed by atoms with Crippen molar-refractivity contribution < 1.29 is 9.84 Å². The molecule has 6 nitrogen and oxygen atoms in total. The molecule has 0 amide bonds. The van der Waals surface area contributed by atoms with Crippen LogP contribution in [0.5, 0.6) is 6.01 Å². The van der Waals surface area contributed by atoms with Crippen molar-refractivity contribution in [2.24, 2.45) is 0 Å². The van der Waals surface area contributed by atoms with Crippen LogP contribution in [0.15, 0.2) is 16.8 Å². The fraction of sp³-hybridized carbons (Fsp3) is 0.417. The SMILES string of the molecule is CCCOc1nc(Cl)nc(NCC(O)c2ccsc2)n1. The maximum Gasteiger partial charge on any atom is 0.322 e. The summed E-state index contributed by atoms with van der Waals surface area (Å²) in [5.41, 5.74) is 0.852. The molecule has 0 aromatic carbocycles. The zero-order chi connectivity index (χ0) is 14.4. The van der Waals surface area contributed by atoms with E-state index in [1.807, 2.05) is 23.8 Å². The third kappa shape index (κ3) is 4.29. The molecule has 0 fully saturated rings. The van der Waals surface area contributed by atoms with E-state index in [4.69, 9.17) is 16.3 Å². The average molecular weight is 315 g/mol. The van der Waals surface area contributed by atoms with Crippen molar-refractivity contribution in [3.05, 3.63) is 27.7 Å². The van der Waals surface area contributed by atoms with Crippen LogP contribution >= 0.6 is 22.9 Å². The summed E-state index contributed by atoms with van der Waals surface area (Å²) >= 11 is 7.33. The highest BCUT2D eigenvalue weighted by atomic mass is 35.5. The van der Waals surface area contributed by atoms with Crippen LogP contribution in [-0.4, -0.2) is 33.2 Å². The molecule has 8 heteroatoms. The van der Waals surface area contributed by atoms with Gasteiger partial charge in [0.05, 0.1) is 12.7 Å². The summed E-state index contributed by atoms with van der Waals surface area (Å²) < 4.78 is 5.31. The van der Waals surface area contributed by atoms with Gasteiger partial charge in [0, 0.05) is 6.54 Å². The standard InChI is InChI=1S/C12H15ClN4O2S/c1-2-4-19-12-16-10(13)15-11(17-12)14-6-9(18)8-3-5-20-7-8/h3,5,7,9,18H,2,4,6H2,1H3,(H,14,15,16,17). The number of hydrogen-bond donors (Lipinski definition) is 2. The van der Waals surface area contributed by atoms with Gasteiger partial charge in [0.25, 0.3) is 0 Å². The highest BCUT2D eigenvalue weighted by molar-refractivity contribution is 7.07. The number of ether oxygens (including phenoxy) is 1. The number of anilines is 1. The molecule has 2 aromatic rings. The van der Waals surface area contributed by atoms with Crippen molar-refractivity contribution in [1.29, 1.82) is 0 Å². The van der Waals surface area contributed by atoms with Crippen LogP contribution in [0.3, 0.4) is 0 Å². The molecule has 20 heavy (non-hydrogen) atoms. The van der Waals surface area contributed by atoms with Crippen molar-refractivity contribution in [3.63, 3.8) is 0 Å². The topological polar surface area (TPSA) is 80.2 Å². The van der Waals surface area contributed by atoms with Crippen molar-refractivity contribution >= 4 is 28.9 Å². The van der Waals surface area contributed by atoms with Gasteiger partial charge in [0.2, 0.25) is 11.2 Å². The Balaban J connectivity index is 1.96. The van der Waals surface area contributed by atoms with E-state index in [1.54, 1.807) is 0 Å². The molecule has 1 unspecified atom stereocenters. The van der Waals surface area contributed by atoms with Gasteiger partial charge in [-0.2, -0.15) is 26.3 Å². The van der Waals surface area contributed by atoms with E-state index in [0.717, 1.165) is 12.0 Å². The van der Waals surface area contributed by atoms with Gasteiger partial charge < -0.3 is 15.2 Å². The van der Waals surface area contributed by atoms with Crippen molar-refractivity contribution in [2.75, 3.05) is 18.5 Å². The molecule has 0 saturated carbocycles. The molecule has 2 N–H and O–H groups in total. The Labute approximate surface area is 125 Å². The Hall–Kier alpha value is -1.44. The number of aliphatic hydroxyl groups is 1. The molecule has 2 rings (SSSR count). The predicted molar refractivity (Wildman–Crippen MR) is 78.4 cm³/mol. The first-order valence-electron chi connectivity index (χ1n) is 6.17. The molecule has 0 bridgehead atoms. The number of nitrogens with zero attached hydrogens (tertiary/aromatic N) is 3. The van der Waals surface area contributed by atoms with Crippen LogP contribution in [0.2, 0.25) is 5.28 Å². The van der Waals surface area contributed by atoms with Crippen molar-refractivity contribution in [1.82, 2.24) is 15.0 Å². The van der Waals surface area contributed by atoms with Gasteiger partial charge >= 0.3 is 6.01 Å². The lowest BCUT2D eigenvalue weighted by atomic mass is 10.2. The van der Waals surface area contributed by atoms with Crippen LogP contribution in [-0.2, 0) is 0 Å². The number of aliphatic hydroxyl groups excluding tert-OH is 1. The van der Waals surface area contributed by atoms with Gasteiger partial charge in [-0.1, -0.05) is 6.92 Å². The highest BCUT2D eigenvalue weighted by Crippen LogP contribution is 2.17. The van der Waals surface area contributed by atoms with Crippen LogP contribution in [0.25, 0.3) is 0 Å². The first kappa shape index (κ1) is 15.0. The fourth-order valence-corrected chi connectivity index (χ4v) is 2.30. The molecule has 0 aliphatic rings. The van der Waals surface area contributed by atoms with E-state index in [1.165, 1.54) is 11.3 Å². The van der Waals surface area contributed by atoms with Gasteiger partial charge in [-0.3, -0.25) is 0 Å². The van der Waals surface area contributed by atoms with Crippen LogP contribution in [0, 0.1) is 0 Å². The van der Waals surface area contributed by atoms with Crippen molar-refractivity contribution in [3.8, 4) is 6.01 Å². The quantitative estimate of drug-likeness (QED) is 0.817. The van der Waals surface area contributed by atoms with Gasteiger partial charge in [0.15, 0.2) is 0 Å². The van der Waals surface area contributed by atoms with E-state index in [9.17, 15) is 5.11 Å². The second kappa shape index (κ2) is 7.37. The number of nitrogens with one attached hydrogen (secondary N) is 1. The molecule has 0 spiro atoms. The molecule has 108 valence electrons. The number of thiophene rings is 1. The summed E-state index contributed by atoms with van der Waals surface area (Å²) in [6.45, 7) is 2.78. The van der Waals surface area contributed by atoms with E-state index in [-0.39, 0.29) is 23.8 Å². The van der Waals surface area contributed by atoms with Gasteiger partial charge in [-0.25, -0.2) is 0 Å². The van der Waals surface area contributed by atoms with E-state index < -0.39 is 6.10 Å². The minimum Gasteiger partial charge on any atom is -0.463 e. The van der Waals surface area contributed by atoms with E-state index in [0.29, 0.717) is 6.61 Å². The molecule has 0 aliphatic heterocycles. The zero-order valence-electron chi connectivity index (χ0n) is 10.9. The number of halogens is 1. The summed E-state index contributed by atoms with van der Waals surface area (Å²) in [5, 5.41) is 16.7. The van der Waals surface area contributed by atoms with Crippen molar-refractivity contribution in [2.45, 2.75) is 19.4 Å². The van der Waals surface area contributed by atoms with Crippen LogP contribution < -0.4 is 10.1 Å². The van der Waals surface area contributed by atoms with Crippen LogP contribution in [0.4, 0.5) is 5.95 Å². The normalized spacial score (nSPS) is 12.2. The first-order chi connectivity index (χ1) is 9.69. The fourth-order valence-electron chi connectivity index (χ4n) is 1.44. The summed E-state index contributed by atoms with van der Waals surface area (Å²) in [6, 6.07) is 2.05. The van der Waals surface area contributed by atoms with Gasteiger partial charge in [-0.15, -0.1) is 0 Å². The summed E-state index contributed by atoms with van der Waals surface area (Å²) in [7, 11) is 0.